The van der Waals surface area contributed by atoms with Gasteiger partial charge >= 0.3 is 0 Å². The first-order chi connectivity index (χ1) is 14.7. The van der Waals surface area contributed by atoms with Crippen molar-refractivity contribution in [2.45, 2.75) is 30.8 Å². The van der Waals surface area contributed by atoms with Crippen LogP contribution in [-0.4, -0.2) is 46.4 Å². The minimum atomic E-state index is -0.0299. The highest BCUT2D eigenvalue weighted by Gasteiger charge is 2.21. The van der Waals surface area contributed by atoms with Crippen LogP contribution in [0.15, 0.2) is 57.5 Å². The van der Waals surface area contributed by atoms with E-state index >= 15 is 0 Å². The minimum absolute atomic E-state index is 0.0271. The molecule has 2 aromatic heterocycles. The summed E-state index contributed by atoms with van der Waals surface area (Å²) in [5.41, 5.74) is 1.18. The number of likely N-dealkylation sites (N-methyl/N-ethyl adjacent to an activating group) is 1. The van der Waals surface area contributed by atoms with Gasteiger partial charge in [-0.15, -0.1) is 10.2 Å². The molecule has 1 aromatic carbocycles. The van der Waals surface area contributed by atoms with Gasteiger partial charge in [-0.05, 0) is 30.8 Å². The Kier molecular flexibility index (Phi) is 8.73. The molecule has 30 heavy (non-hydrogen) atoms. The summed E-state index contributed by atoms with van der Waals surface area (Å²) in [6.07, 6.45) is 1.67. The van der Waals surface area contributed by atoms with Gasteiger partial charge in [-0.1, -0.05) is 67.3 Å². The molecule has 9 heteroatoms. The molecular weight excluding hydrogens is 418 g/mol. The molecule has 7 nitrogen and oxygen atoms in total. The maximum atomic E-state index is 12.4. The van der Waals surface area contributed by atoms with Crippen LogP contribution in [0.5, 0.6) is 0 Å². The molecule has 0 bridgehead atoms. The molecule has 1 unspecified atom stereocenters. The monoisotopic (exact) mass is 445 g/mol. The van der Waals surface area contributed by atoms with Crippen LogP contribution in [0, 0.1) is 0 Å². The zero-order valence-corrected chi connectivity index (χ0v) is 18.8. The highest BCUT2D eigenvalue weighted by Crippen LogP contribution is 2.26. The van der Waals surface area contributed by atoms with Crippen LogP contribution < -0.4 is 10.6 Å². The van der Waals surface area contributed by atoms with Crippen molar-refractivity contribution in [3.05, 3.63) is 60.1 Å². The van der Waals surface area contributed by atoms with Crippen molar-refractivity contribution in [3.63, 3.8) is 0 Å². The number of hydrogen-bond donors (Lipinski definition) is 2. The maximum absolute atomic E-state index is 12.4. The Morgan fingerprint density at radius 2 is 1.97 bits per heavy atom. The van der Waals surface area contributed by atoms with Gasteiger partial charge in [0.15, 0.2) is 4.34 Å². The summed E-state index contributed by atoms with van der Waals surface area (Å²) in [7, 11) is 0. The van der Waals surface area contributed by atoms with Crippen LogP contribution in [0.1, 0.15) is 31.2 Å². The standard InChI is InChI=1S/C21H27N5O2S2/c1-3-26(4-2)17(18-11-8-12-28-18)14-22-19(27)15-29-21-25-24-20(30-21)23-13-16-9-6-5-7-10-16/h5-12,17H,3-4,13-15H2,1-2H3,(H,22,27)(H,23,24). The van der Waals surface area contributed by atoms with E-state index in [1.54, 1.807) is 6.26 Å². The predicted molar refractivity (Wildman–Crippen MR) is 122 cm³/mol. The van der Waals surface area contributed by atoms with Gasteiger partial charge in [0.2, 0.25) is 11.0 Å². The molecule has 0 spiro atoms. The molecule has 2 N–H and O–H groups in total. The molecule has 0 aliphatic rings. The van der Waals surface area contributed by atoms with Gasteiger partial charge in [0.1, 0.15) is 5.76 Å². The van der Waals surface area contributed by atoms with E-state index in [1.807, 2.05) is 30.3 Å². The van der Waals surface area contributed by atoms with Crippen molar-refractivity contribution >= 4 is 34.1 Å². The summed E-state index contributed by atoms with van der Waals surface area (Å²) < 4.78 is 6.35. The number of rotatable bonds is 12. The minimum Gasteiger partial charge on any atom is -0.468 e. The molecule has 0 aliphatic carbocycles. The first kappa shape index (κ1) is 22.3. The van der Waals surface area contributed by atoms with E-state index in [9.17, 15) is 4.79 Å². The summed E-state index contributed by atoms with van der Waals surface area (Å²) in [5, 5.41) is 15.3. The molecule has 0 saturated heterocycles. The number of anilines is 1. The van der Waals surface area contributed by atoms with E-state index in [1.165, 1.54) is 28.7 Å². The number of carbonyl (C=O) groups excluding carboxylic acids is 1. The molecule has 0 radical (unpaired) electrons. The fourth-order valence-electron chi connectivity index (χ4n) is 3.06. The van der Waals surface area contributed by atoms with Crippen molar-refractivity contribution < 1.29 is 9.21 Å². The number of nitrogens with one attached hydrogen (secondary N) is 2. The third kappa shape index (κ3) is 6.58. The Hall–Kier alpha value is -2.36. The Morgan fingerprint density at radius 1 is 1.17 bits per heavy atom. The Balaban J connectivity index is 1.44. The van der Waals surface area contributed by atoms with Crippen LogP contribution >= 0.6 is 23.1 Å². The molecule has 2 heterocycles. The van der Waals surface area contributed by atoms with Crippen LogP contribution in [0.3, 0.4) is 0 Å². The van der Waals surface area contributed by atoms with E-state index in [-0.39, 0.29) is 11.9 Å². The molecule has 1 amide bonds. The number of carbonyl (C=O) groups is 1. The second-order valence-corrected chi connectivity index (χ2v) is 8.76. The molecule has 3 aromatic rings. The molecule has 3 rings (SSSR count). The summed E-state index contributed by atoms with van der Waals surface area (Å²) in [4.78, 5) is 14.6. The molecule has 0 fully saturated rings. The Labute approximate surface area is 185 Å². The smallest absolute Gasteiger partial charge is 0.230 e. The van der Waals surface area contributed by atoms with E-state index < -0.39 is 0 Å². The predicted octanol–water partition coefficient (Wildman–Crippen LogP) is 4.03. The lowest BCUT2D eigenvalue weighted by Gasteiger charge is -2.28. The topological polar surface area (TPSA) is 83.3 Å². The number of nitrogens with zero attached hydrogens (tertiary/aromatic N) is 3. The summed E-state index contributed by atoms with van der Waals surface area (Å²) in [6.45, 7) is 7.19. The van der Waals surface area contributed by atoms with Crippen molar-refractivity contribution in [1.29, 1.82) is 0 Å². The number of benzene rings is 1. The highest BCUT2D eigenvalue weighted by atomic mass is 32.2. The summed E-state index contributed by atoms with van der Waals surface area (Å²) >= 11 is 2.85. The Bertz CT molecular complexity index is 882. The second kappa shape index (κ2) is 11.7. The van der Waals surface area contributed by atoms with Crippen molar-refractivity contribution in [3.8, 4) is 0 Å². The number of aromatic nitrogens is 2. The number of furan rings is 1. The second-order valence-electron chi connectivity index (χ2n) is 6.56. The van der Waals surface area contributed by atoms with Crippen LogP contribution in [0.25, 0.3) is 0 Å². The van der Waals surface area contributed by atoms with Crippen molar-refractivity contribution in [2.75, 3.05) is 30.7 Å². The van der Waals surface area contributed by atoms with Crippen LogP contribution in [-0.2, 0) is 11.3 Å². The Morgan fingerprint density at radius 3 is 2.67 bits per heavy atom. The number of thioether (sulfide) groups is 1. The van der Waals surface area contributed by atoms with Gasteiger partial charge in [-0.2, -0.15) is 0 Å². The lowest BCUT2D eigenvalue weighted by Crippen LogP contribution is -2.38. The zero-order valence-electron chi connectivity index (χ0n) is 17.2. The van der Waals surface area contributed by atoms with E-state index in [0.717, 1.165) is 28.3 Å². The summed E-state index contributed by atoms with van der Waals surface area (Å²) in [5.74, 6) is 1.14. The van der Waals surface area contributed by atoms with Gasteiger partial charge in [0, 0.05) is 13.1 Å². The normalized spacial score (nSPS) is 12.1. The summed E-state index contributed by atoms with van der Waals surface area (Å²) in [6, 6.07) is 14.0. The van der Waals surface area contributed by atoms with Crippen LogP contribution in [0.4, 0.5) is 5.13 Å². The average molecular weight is 446 g/mol. The SMILES string of the molecule is CCN(CC)C(CNC(=O)CSc1nnc(NCc2ccccc2)s1)c1ccco1. The lowest BCUT2D eigenvalue weighted by molar-refractivity contribution is -0.118. The van der Waals surface area contributed by atoms with Gasteiger partial charge in [-0.25, -0.2) is 0 Å². The zero-order chi connectivity index (χ0) is 21.2. The molecular formula is C21H27N5O2S2. The van der Waals surface area contributed by atoms with Gasteiger partial charge in [0.05, 0.1) is 18.1 Å². The van der Waals surface area contributed by atoms with Crippen molar-refractivity contribution in [2.24, 2.45) is 0 Å². The third-order valence-corrected chi connectivity index (χ3v) is 6.65. The largest absolute Gasteiger partial charge is 0.468 e. The average Bonchev–Trinajstić information content (AvgIpc) is 3.47. The number of hydrogen-bond acceptors (Lipinski definition) is 8. The van der Waals surface area contributed by atoms with Gasteiger partial charge in [0.25, 0.3) is 0 Å². The molecule has 1 atom stereocenters. The number of amides is 1. The highest BCUT2D eigenvalue weighted by molar-refractivity contribution is 8.01. The van der Waals surface area contributed by atoms with Gasteiger partial charge < -0.3 is 15.1 Å². The van der Waals surface area contributed by atoms with E-state index in [0.29, 0.717) is 18.8 Å². The third-order valence-electron chi connectivity index (χ3n) is 4.64. The van der Waals surface area contributed by atoms with Gasteiger partial charge in [-0.3, -0.25) is 9.69 Å². The lowest BCUT2D eigenvalue weighted by atomic mass is 10.2. The van der Waals surface area contributed by atoms with Crippen LogP contribution in [0.2, 0.25) is 0 Å². The van der Waals surface area contributed by atoms with E-state index in [2.05, 4.69) is 51.7 Å². The molecule has 0 saturated carbocycles. The van der Waals surface area contributed by atoms with Crippen molar-refractivity contribution in [1.82, 2.24) is 20.4 Å². The van der Waals surface area contributed by atoms with E-state index in [4.69, 9.17) is 4.42 Å². The first-order valence-corrected chi connectivity index (χ1v) is 11.8. The maximum Gasteiger partial charge on any atom is 0.230 e. The molecule has 0 aliphatic heterocycles. The molecule has 160 valence electrons. The first-order valence-electron chi connectivity index (χ1n) is 9.97. The fourth-order valence-corrected chi connectivity index (χ4v) is 4.63. The fraction of sp³-hybridized carbons (Fsp3) is 0.381. The quantitative estimate of drug-likeness (QED) is 0.407.